The zero-order valence-electron chi connectivity index (χ0n) is 36.6. The minimum atomic E-state index is -3.19. The highest BCUT2D eigenvalue weighted by Gasteiger charge is 2.51. The predicted molar refractivity (Wildman–Crippen MR) is 285 cm³/mol. The summed E-state index contributed by atoms with van der Waals surface area (Å²) in [6, 6.07) is 85.8. The Bertz CT molecular complexity index is 3430. The Labute approximate surface area is 389 Å². The van der Waals surface area contributed by atoms with Gasteiger partial charge >= 0.3 is 13.7 Å². The molecule has 0 saturated carbocycles. The molecule has 0 atom stereocenters. The second-order valence-corrected chi connectivity index (χ2v) is 21.8. The standard InChI is InChI=1S/C61H44B2N2Si/c1-2-3-27-51-47-30-12-17-36-54(47)62-53-35-16-10-28-45(53)49-32-14-20-39-57(49)64(62)59(51)42-66(43-23-6-4-7-24-43,44-25-8-5-9-26-44)60-41-22-34-52-48-31-13-19-38-56(48)63-55-37-18-11-29-46(55)50-33-15-21-40-58(50)65(63)61(52)60/h2-41H,1,42H2/b27-3-. The quantitative estimate of drug-likeness (QED) is 0.0896. The van der Waals surface area contributed by atoms with Gasteiger partial charge in [0.2, 0.25) is 0 Å². The molecule has 9 aromatic rings. The molecule has 4 aliphatic heterocycles. The van der Waals surface area contributed by atoms with Gasteiger partial charge in [0.25, 0.3) is 0 Å². The first-order valence-corrected chi connectivity index (χ1v) is 25.4. The topological polar surface area (TPSA) is 6.48 Å². The van der Waals surface area contributed by atoms with E-state index in [0.29, 0.717) is 0 Å². The summed E-state index contributed by atoms with van der Waals surface area (Å²) in [5.41, 5.74) is 20.7. The summed E-state index contributed by atoms with van der Waals surface area (Å²) in [4.78, 5) is 5.47. The predicted octanol–water partition coefficient (Wildman–Crippen LogP) is 9.82. The molecule has 13 rings (SSSR count). The number of hydrogen-bond donors (Lipinski definition) is 0. The van der Waals surface area contributed by atoms with E-state index in [1.165, 1.54) is 105 Å². The van der Waals surface area contributed by atoms with Crippen LogP contribution in [0.25, 0.3) is 39.0 Å². The molecule has 0 spiro atoms. The molecule has 4 heterocycles. The molecule has 9 aromatic carbocycles. The summed E-state index contributed by atoms with van der Waals surface area (Å²) in [5, 5.41) is 4.17. The lowest BCUT2D eigenvalue weighted by molar-refractivity contribution is 1.19. The molecule has 0 radical (unpaired) electrons. The van der Waals surface area contributed by atoms with E-state index in [0.717, 1.165) is 6.04 Å². The van der Waals surface area contributed by atoms with Crippen molar-refractivity contribution in [1.29, 1.82) is 0 Å². The van der Waals surface area contributed by atoms with E-state index >= 15 is 0 Å². The van der Waals surface area contributed by atoms with Crippen LogP contribution < -0.4 is 47.0 Å². The Morgan fingerprint density at radius 2 is 0.803 bits per heavy atom. The van der Waals surface area contributed by atoms with Gasteiger partial charge in [-0.15, -0.1) is 0 Å². The number of allylic oxidation sites excluding steroid dienone is 5. The molecule has 308 valence electrons. The van der Waals surface area contributed by atoms with Crippen LogP contribution in [0.2, 0.25) is 6.04 Å². The van der Waals surface area contributed by atoms with Gasteiger partial charge in [0, 0.05) is 39.4 Å². The Morgan fingerprint density at radius 1 is 0.394 bits per heavy atom. The molecule has 0 amide bonds. The third kappa shape index (κ3) is 5.57. The van der Waals surface area contributed by atoms with Crippen LogP contribution in [0.3, 0.4) is 0 Å². The Balaban J connectivity index is 1.17. The lowest BCUT2D eigenvalue weighted by Gasteiger charge is -2.49. The van der Waals surface area contributed by atoms with Gasteiger partial charge in [-0.3, -0.25) is 0 Å². The van der Waals surface area contributed by atoms with E-state index in [4.69, 9.17) is 0 Å². The molecule has 0 aliphatic carbocycles. The number of anilines is 3. The van der Waals surface area contributed by atoms with Crippen molar-refractivity contribution in [3.63, 3.8) is 0 Å². The third-order valence-electron chi connectivity index (χ3n) is 14.7. The highest BCUT2D eigenvalue weighted by atomic mass is 28.3. The molecule has 5 heteroatoms. The van der Waals surface area contributed by atoms with Gasteiger partial charge < -0.3 is 9.62 Å². The summed E-state index contributed by atoms with van der Waals surface area (Å²) in [6.07, 6.45) is 6.40. The monoisotopic (exact) mass is 854 g/mol. The molecule has 4 aliphatic rings. The molecule has 2 nitrogen and oxygen atoms in total. The minimum absolute atomic E-state index is 0.0130. The van der Waals surface area contributed by atoms with Crippen molar-refractivity contribution < 1.29 is 0 Å². The maximum Gasteiger partial charge on any atom is 0.329 e. The zero-order chi connectivity index (χ0) is 43.8. The van der Waals surface area contributed by atoms with Gasteiger partial charge in [0.1, 0.15) is 0 Å². The van der Waals surface area contributed by atoms with Crippen molar-refractivity contribution in [2.45, 2.75) is 6.04 Å². The summed E-state index contributed by atoms with van der Waals surface area (Å²) < 4.78 is 0. The molecule has 66 heavy (non-hydrogen) atoms. The molecule has 0 N–H and O–H groups in total. The van der Waals surface area contributed by atoms with Gasteiger partial charge in [0.15, 0.2) is 8.07 Å². The van der Waals surface area contributed by atoms with Gasteiger partial charge in [0.05, 0.1) is 0 Å². The average Bonchev–Trinajstić information content (AvgIpc) is 3.40. The van der Waals surface area contributed by atoms with E-state index in [1.54, 1.807) is 0 Å². The van der Waals surface area contributed by atoms with Crippen molar-refractivity contribution in [2.75, 3.05) is 9.62 Å². The number of benzene rings is 9. The molecular formula is C61H44B2N2Si. The Kier molecular flexibility index (Phi) is 9.01. The molecule has 0 bridgehead atoms. The highest BCUT2D eigenvalue weighted by molar-refractivity contribution is 7.13. The molecular weight excluding hydrogens is 810 g/mol. The van der Waals surface area contributed by atoms with Crippen LogP contribution >= 0.6 is 0 Å². The number of para-hydroxylation sites is 3. The lowest BCUT2D eigenvalue weighted by Crippen LogP contribution is -2.71. The molecule has 0 aromatic heterocycles. The van der Waals surface area contributed by atoms with Crippen LogP contribution in [0.4, 0.5) is 17.1 Å². The van der Waals surface area contributed by atoms with Crippen LogP contribution in [0.5, 0.6) is 0 Å². The molecule has 0 saturated heterocycles. The van der Waals surface area contributed by atoms with Gasteiger partial charge in [-0.1, -0.05) is 237 Å². The van der Waals surface area contributed by atoms with E-state index in [9.17, 15) is 0 Å². The van der Waals surface area contributed by atoms with Crippen LogP contribution in [0.1, 0.15) is 5.56 Å². The minimum Gasteiger partial charge on any atom is -0.380 e. The fourth-order valence-corrected chi connectivity index (χ4v) is 17.1. The SMILES string of the molecule is C=C/C=C\C1=C(C[Si](c2ccccc2)(c2ccccc2)c2cccc3c2N2B(c4ccccc4-c4ccccc42)c2ccccc2-3)N2B(c3ccccc31)c1ccccc1-c1ccccc12. The van der Waals surface area contributed by atoms with Crippen molar-refractivity contribution in [3.8, 4) is 33.4 Å². The van der Waals surface area contributed by atoms with Crippen molar-refractivity contribution in [2.24, 2.45) is 0 Å². The van der Waals surface area contributed by atoms with E-state index < -0.39 is 8.07 Å². The van der Waals surface area contributed by atoms with E-state index in [-0.39, 0.29) is 13.7 Å². The maximum absolute atomic E-state index is 4.21. The van der Waals surface area contributed by atoms with Gasteiger partial charge in [-0.2, -0.15) is 0 Å². The first-order valence-electron chi connectivity index (χ1n) is 23.2. The van der Waals surface area contributed by atoms with Crippen molar-refractivity contribution >= 4 is 81.8 Å². The first-order chi connectivity index (χ1) is 32.8. The van der Waals surface area contributed by atoms with Crippen molar-refractivity contribution in [1.82, 2.24) is 0 Å². The number of nitrogens with zero attached hydrogens (tertiary/aromatic N) is 2. The normalized spacial score (nSPS) is 13.9. The van der Waals surface area contributed by atoms with E-state index in [2.05, 4.69) is 253 Å². The summed E-state index contributed by atoms with van der Waals surface area (Å²) in [7, 11) is -3.19. The van der Waals surface area contributed by atoms with Crippen molar-refractivity contribution in [3.05, 3.63) is 261 Å². The average molecular weight is 855 g/mol. The van der Waals surface area contributed by atoms with Crippen LogP contribution in [0, 0.1) is 0 Å². The first kappa shape index (κ1) is 38.6. The number of hydrogen-bond acceptors (Lipinski definition) is 2. The zero-order valence-corrected chi connectivity index (χ0v) is 37.6. The van der Waals surface area contributed by atoms with Crippen LogP contribution in [-0.4, -0.2) is 21.8 Å². The second-order valence-electron chi connectivity index (χ2n) is 17.9. The van der Waals surface area contributed by atoms with E-state index in [1.807, 2.05) is 6.08 Å². The highest BCUT2D eigenvalue weighted by Crippen LogP contribution is 2.48. The number of fused-ring (bicyclic) bond motifs is 19. The fourth-order valence-electron chi connectivity index (χ4n) is 12.1. The van der Waals surface area contributed by atoms with Crippen LogP contribution in [-0.2, 0) is 0 Å². The number of rotatable bonds is 7. The smallest absolute Gasteiger partial charge is 0.329 e. The second kappa shape index (κ2) is 15.4. The maximum atomic E-state index is 4.21. The van der Waals surface area contributed by atoms with Gasteiger partial charge in [-0.05, 0) is 83.4 Å². The summed E-state index contributed by atoms with van der Waals surface area (Å²) in [5.74, 6) is 0. The largest absolute Gasteiger partial charge is 0.380 e. The Morgan fingerprint density at radius 3 is 1.35 bits per heavy atom. The molecule has 0 fully saturated rings. The summed E-state index contributed by atoms with van der Waals surface area (Å²) >= 11 is 0. The van der Waals surface area contributed by atoms with Crippen LogP contribution in [0.15, 0.2) is 255 Å². The summed E-state index contributed by atoms with van der Waals surface area (Å²) in [6.45, 7) is 4.18. The lowest BCUT2D eigenvalue weighted by atomic mass is 9.43. The fraction of sp³-hybridized carbons (Fsp3) is 0.0164. The third-order valence-corrected chi connectivity index (χ3v) is 19.6. The molecule has 0 unspecified atom stereocenters. The Hall–Kier alpha value is -7.85. The van der Waals surface area contributed by atoms with Gasteiger partial charge in [-0.25, -0.2) is 0 Å².